The van der Waals surface area contributed by atoms with Crippen LogP contribution in [0, 0.1) is 13.8 Å². The predicted octanol–water partition coefficient (Wildman–Crippen LogP) is 1.44. The summed E-state index contributed by atoms with van der Waals surface area (Å²) in [6.45, 7) is 4.82. The summed E-state index contributed by atoms with van der Waals surface area (Å²) in [5.74, 6) is -0.704. The van der Waals surface area contributed by atoms with E-state index in [1.165, 1.54) is 6.92 Å². The lowest BCUT2D eigenvalue weighted by Crippen LogP contribution is -2.20. The number of carbonyl (C=O) groups is 1. The summed E-state index contributed by atoms with van der Waals surface area (Å²) < 4.78 is 5.13. The van der Waals surface area contributed by atoms with Crippen LogP contribution in [-0.4, -0.2) is 26.4 Å². The third kappa shape index (κ3) is 3.06. The number of benzene rings is 1. The molecule has 2 aromatic heterocycles. The maximum absolute atomic E-state index is 12.3. The average Bonchev–Trinajstić information content (AvgIpc) is 3.05. The zero-order chi connectivity index (χ0) is 18.1. The SMILES string of the molecule is CC(=O)Oc1cccc(C(c2c(C)[nH][nH]c2=O)c2c(C)[nH][nH]c2=O)c1. The highest BCUT2D eigenvalue weighted by molar-refractivity contribution is 5.69. The molecule has 0 aliphatic heterocycles. The molecule has 0 unspecified atom stereocenters. The second kappa shape index (κ2) is 6.31. The first kappa shape index (κ1) is 16.6. The Morgan fingerprint density at radius 2 is 1.52 bits per heavy atom. The van der Waals surface area contributed by atoms with Crippen LogP contribution in [0.15, 0.2) is 33.9 Å². The molecule has 0 fully saturated rings. The van der Waals surface area contributed by atoms with E-state index in [0.717, 1.165) is 0 Å². The number of aromatic amines is 4. The second-order valence-electron chi connectivity index (χ2n) is 5.83. The smallest absolute Gasteiger partial charge is 0.308 e. The highest BCUT2D eigenvalue weighted by atomic mass is 16.5. The van der Waals surface area contributed by atoms with Crippen molar-refractivity contribution in [1.29, 1.82) is 0 Å². The average molecular weight is 342 g/mol. The zero-order valence-corrected chi connectivity index (χ0v) is 14.0. The van der Waals surface area contributed by atoms with Crippen LogP contribution in [0.25, 0.3) is 0 Å². The van der Waals surface area contributed by atoms with Crippen molar-refractivity contribution in [3.8, 4) is 5.75 Å². The van der Waals surface area contributed by atoms with Gasteiger partial charge in [0, 0.05) is 24.2 Å². The van der Waals surface area contributed by atoms with Gasteiger partial charge in [-0.3, -0.25) is 24.6 Å². The van der Waals surface area contributed by atoms with Crippen molar-refractivity contribution in [3.05, 3.63) is 73.1 Å². The highest BCUT2D eigenvalue weighted by Gasteiger charge is 2.28. The molecule has 0 bridgehead atoms. The number of nitrogens with one attached hydrogen (secondary N) is 4. The third-order valence-electron chi connectivity index (χ3n) is 4.05. The van der Waals surface area contributed by atoms with E-state index in [4.69, 9.17) is 4.74 Å². The Morgan fingerprint density at radius 3 is 1.96 bits per heavy atom. The first-order valence-electron chi connectivity index (χ1n) is 7.71. The summed E-state index contributed by atoms with van der Waals surface area (Å²) in [4.78, 5) is 35.9. The minimum Gasteiger partial charge on any atom is -0.427 e. The van der Waals surface area contributed by atoms with Gasteiger partial charge in [0.25, 0.3) is 11.1 Å². The Labute approximate surface area is 142 Å². The van der Waals surface area contributed by atoms with Gasteiger partial charge in [0.05, 0.1) is 11.1 Å². The van der Waals surface area contributed by atoms with Gasteiger partial charge in [0.2, 0.25) is 0 Å². The maximum Gasteiger partial charge on any atom is 0.308 e. The summed E-state index contributed by atoms with van der Waals surface area (Å²) >= 11 is 0. The molecule has 25 heavy (non-hydrogen) atoms. The van der Waals surface area contributed by atoms with Crippen molar-refractivity contribution < 1.29 is 9.53 Å². The first-order valence-corrected chi connectivity index (χ1v) is 7.71. The minimum absolute atomic E-state index is 0.305. The Morgan fingerprint density at radius 1 is 0.960 bits per heavy atom. The number of hydrogen-bond donors (Lipinski definition) is 4. The van der Waals surface area contributed by atoms with Crippen LogP contribution in [0.3, 0.4) is 0 Å². The van der Waals surface area contributed by atoms with E-state index in [9.17, 15) is 14.4 Å². The molecule has 0 aliphatic carbocycles. The van der Waals surface area contributed by atoms with Crippen molar-refractivity contribution in [1.82, 2.24) is 20.4 Å². The maximum atomic E-state index is 12.3. The number of ether oxygens (including phenoxy) is 1. The molecule has 130 valence electrons. The molecule has 0 amide bonds. The van der Waals surface area contributed by atoms with E-state index in [-0.39, 0.29) is 11.1 Å². The number of esters is 1. The molecule has 0 aliphatic rings. The second-order valence-corrected chi connectivity index (χ2v) is 5.83. The summed E-state index contributed by atoms with van der Waals surface area (Å²) in [5, 5.41) is 10.7. The minimum atomic E-state index is -0.611. The third-order valence-corrected chi connectivity index (χ3v) is 4.05. The fourth-order valence-electron chi connectivity index (χ4n) is 3.01. The lowest BCUT2D eigenvalue weighted by atomic mass is 9.85. The molecule has 8 nitrogen and oxygen atoms in total. The van der Waals surface area contributed by atoms with E-state index >= 15 is 0 Å². The monoisotopic (exact) mass is 342 g/mol. The van der Waals surface area contributed by atoms with Crippen LogP contribution >= 0.6 is 0 Å². The van der Waals surface area contributed by atoms with E-state index in [1.807, 2.05) is 0 Å². The molecule has 0 radical (unpaired) electrons. The van der Waals surface area contributed by atoms with E-state index in [2.05, 4.69) is 20.4 Å². The first-order chi connectivity index (χ1) is 11.9. The van der Waals surface area contributed by atoms with Gasteiger partial charge in [-0.1, -0.05) is 12.1 Å². The molecule has 8 heteroatoms. The Bertz CT molecular complexity index is 983. The summed E-state index contributed by atoms with van der Waals surface area (Å²) in [7, 11) is 0. The van der Waals surface area contributed by atoms with E-state index < -0.39 is 11.9 Å². The molecular weight excluding hydrogens is 324 g/mol. The Kier molecular flexibility index (Phi) is 4.18. The molecule has 0 saturated heterocycles. The van der Waals surface area contributed by atoms with Gasteiger partial charge in [-0.05, 0) is 31.5 Å². The Hall–Kier alpha value is -3.29. The number of hydrogen-bond acceptors (Lipinski definition) is 4. The molecule has 3 rings (SSSR count). The molecular formula is C17H18N4O4. The normalized spacial score (nSPS) is 11.0. The number of rotatable bonds is 4. The predicted molar refractivity (Wildman–Crippen MR) is 91.0 cm³/mol. The van der Waals surface area contributed by atoms with Crippen LogP contribution in [-0.2, 0) is 4.79 Å². The van der Waals surface area contributed by atoms with Gasteiger partial charge < -0.3 is 14.9 Å². The van der Waals surface area contributed by atoms with Crippen LogP contribution in [0.2, 0.25) is 0 Å². The van der Waals surface area contributed by atoms with Gasteiger partial charge in [0.15, 0.2) is 0 Å². The van der Waals surface area contributed by atoms with Crippen molar-refractivity contribution in [3.63, 3.8) is 0 Å². The highest BCUT2D eigenvalue weighted by Crippen LogP contribution is 2.32. The van der Waals surface area contributed by atoms with E-state index in [1.54, 1.807) is 38.1 Å². The van der Waals surface area contributed by atoms with Gasteiger partial charge >= 0.3 is 5.97 Å². The zero-order valence-electron chi connectivity index (χ0n) is 14.0. The van der Waals surface area contributed by atoms with Crippen LogP contribution in [0.5, 0.6) is 5.75 Å². The van der Waals surface area contributed by atoms with Gasteiger partial charge in [-0.15, -0.1) is 0 Å². The van der Waals surface area contributed by atoms with Crippen molar-refractivity contribution >= 4 is 5.97 Å². The summed E-state index contributed by atoms with van der Waals surface area (Å²) in [6.07, 6.45) is 0. The van der Waals surface area contributed by atoms with Gasteiger partial charge in [-0.2, -0.15) is 0 Å². The Balaban J connectivity index is 2.25. The lowest BCUT2D eigenvalue weighted by molar-refractivity contribution is -0.131. The van der Waals surface area contributed by atoms with Crippen molar-refractivity contribution in [2.24, 2.45) is 0 Å². The quantitative estimate of drug-likeness (QED) is 0.423. The van der Waals surface area contributed by atoms with Crippen LogP contribution in [0.1, 0.15) is 40.9 Å². The lowest BCUT2D eigenvalue weighted by Gasteiger charge is -2.16. The molecule has 2 heterocycles. The molecule has 4 N–H and O–H groups in total. The van der Waals surface area contributed by atoms with E-state index in [0.29, 0.717) is 33.8 Å². The molecule has 0 spiro atoms. The number of carbonyl (C=O) groups excluding carboxylic acids is 1. The number of aromatic nitrogens is 4. The molecule has 0 atom stereocenters. The van der Waals surface area contributed by atoms with Crippen LogP contribution < -0.4 is 15.9 Å². The molecule has 0 saturated carbocycles. The fraction of sp³-hybridized carbons (Fsp3) is 0.235. The summed E-state index contributed by atoms with van der Waals surface area (Å²) in [6, 6.07) is 6.80. The van der Waals surface area contributed by atoms with Gasteiger partial charge in [-0.25, -0.2) is 0 Å². The number of aryl methyl sites for hydroxylation is 2. The topological polar surface area (TPSA) is 124 Å². The molecule has 3 aromatic rings. The largest absolute Gasteiger partial charge is 0.427 e. The van der Waals surface area contributed by atoms with Gasteiger partial charge in [0.1, 0.15) is 5.75 Å². The van der Waals surface area contributed by atoms with Crippen molar-refractivity contribution in [2.75, 3.05) is 0 Å². The standard InChI is InChI=1S/C17H18N4O4/c1-8-13(16(23)20-18-8)15(14-9(2)19-21-17(14)24)11-5-4-6-12(7-11)25-10(3)22/h4-7,15H,1-3H3,(H2,18,20,23)(H2,19,21,24). The fourth-order valence-corrected chi connectivity index (χ4v) is 3.01. The molecule has 1 aromatic carbocycles. The van der Waals surface area contributed by atoms with Crippen molar-refractivity contribution in [2.45, 2.75) is 26.7 Å². The van der Waals surface area contributed by atoms with Crippen LogP contribution in [0.4, 0.5) is 0 Å². The number of H-pyrrole nitrogens is 4. The summed E-state index contributed by atoms with van der Waals surface area (Å²) in [5.41, 5.74) is 2.20.